The Morgan fingerprint density at radius 1 is 1.14 bits per heavy atom. The Kier molecular flexibility index (Phi) is 5.38. The summed E-state index contributed by atoms with van der Waals surface area (Å²) < 4.78 is 29.9. The maximum Gasteiger partial charge on any atom is 0.337 e. The molecule has 22 heavy (non-hydrogen) atoms. The number of benzene rings is 2. The summed E-state index contributed by atoms with van der Waals surface area (Å²) in [5.41, 5.74) is 0.758. The van der Waals surface area contributed by atoms with Gasteiger partial charge in [0.05, 0.1) is 19.8 Å². The number of methoxy groups -OCH3 is 2. The highest BCUT2D eigenvalue weighted by Crippen LogP contribution is 2.29. The summed E-state index contributed by atoms with van der Waals surface area (Å²) in [6.07, 6.45) is 0. The van der Waals surface area contributed by atoms with Crippen molar-refractivity contribution in [1.82, 2.24) is 0 Å². The zero-order valence-electron chi connectivity index (χ0n) is 12.1. The molecule has 0 aromatic heterocycles. The molecule has 0 N–H and O–H groups in total. The van der Waals surface area contributed by atoms with Crippen molar-refractivity contribution in [3.05, 3.63) is 57.8 Å². The first-order valence-electron chi connectivity index (χ1n) is 6.38. The standard InChI is InChI=1S/C16H14BrFO4/c1-20-15-8-10(16(19)21-2)3-6-14(15)22-9-11-7-12(17)4-5-13(11)18/h3-8H,9H2,1-2H3. The number of carbonyl (C=O) groups is 1. The molecular formula is C16H14BrFO4. The van der Waals surface area contributed by atoms with Crippen LogP contribution in [0.3, 0.4) is 0 Å². The summed E-state index contributed by atoms with van der Waals surface area (Å²) in [6, 6.07) is 9.27. The minimum Gasteiger partial charge on any atom is -0.493 e. The lowest BCUT2D eigenvalue weighted by Gasteiger charge is -2.12. The average Bonchev–Trinajstić information content (AvgIpc) is 2.54. The van der Waals surface area contributed by atoms with E-state index in [1.165, 1.54) is 26.4 Å². The van der Waals surface area contributed by atoms with E-state index in [0.29, 0.717) is 22.6 Å². The van der Waals surface area contributed by atoms with Crippen LogP contribution in [0.2, 0.25) is 0 Å². The zero-order chi connectivity index (χ0) is 16.1. The number of halogens is 2. The van der Waals surface area contributed by atoms with E-state index in [4.69, 9.17) is 9.47 Å². The molecule has 0 heterocycles. The summed E-state index contributed by atoms with van der Waals surface area (Å²) in [4.78, 5) is 11.5. The maximum absolute atomic E-state index is 13.7. The predicted octanol–water partition coefficient (Wildman–Crippen LogP) is 3.96. The lowest BCUT2D eigenvalue weighted by molar-refractivity contribution is 0.0600. The summed E-state index contributed by atoms with van der Waals surface area (Å²) in [7, 11) is 2.76. The highest BCUT2D eigenvalue weighted by molar-refractivity contribution is 9.10. The molecule has 0 amide bonds. The SMILES string of the molecule is COC(=O)c1ccc(OCc2cc(Br)ccc2F)c(OC)c1. The molecule has 2 rings (SSSR count). The smallest absolute Gasteiger partial charge is 0.337 e. The molecule has 4 nitrogen and oxygen atoms in total. The average molecular weight is 369 g/mol. The summed E-state index contributed by atoms with van der Waals surface area (Å²) in [6.45, 7) is 0.0409. The molecule has 0 saturated carbocycles. The second-order valence-corrected chi connectivity index (χ2v) is 5.30. The predicted molar refractivity (Wildman–Crippen MR) is 82.8 cm³/mol. The molecule has 0 unspecified atom stereocenters. The number of rotatable bonds is 5. The molecule has 0 atom stereocenters. The van der Waals surface area contributed by atoms with E-state index in [9.17, 15) is 9.18 Å². The van der Waals surface area contributed by atoms with Crippen LogP contribution in [0, 0.1) is 5.82 Å². The second-order valence-electron chi connectivity index (χ2n) is 4.38. The fraction of sp³-hybridized carbons (Fsp3) is 0.188. The van der Waals surface area contributed by atoms with Gasteiger partial charge in [0.25, 0.3) is 0 Å². The minimum atomic E-state index is -0.470. The van der Waals surface area contributed by atoms with Crippen molar-refractivity contribution < 1.29 is 23.4 Å². The van der Waals surface area contributed by atoms with Gasteiger partial charge in [-0.1, -0.05) is 15.9 Å². The first kappa shape index (κ1) is 16.3. The minimum absolute atomic E-state index is 0.0409. The van der Waals surface area contributed by atoms with Crippen LogP contribution in [-0.2, 0) is 11.3 Å². The van der Waals surface area contributed by atoms with Crippen molar-refractivity contribution in [3.63, 3.8) is 0 Å². The fourth-order valence-corrected chi connectivity index (χ4v) is 2.25. The van der Waals surface area contributed by atoms with Crippen molar-refractivity contribution in [2.24, 2.45) is 0 Å². The maximum atomic E-state index is 13.7. The summed E-state index contributed by atoms with van der Waals surface area (Å²) >= 11 is 3.29. The van der Waals surface area contributed by atoms with Gasteiger partial charge in [-0.25, -0.2) is 9.18 Å². The molecule has 0 bridgehead atoms. The van der Waals surface area contributed by atoms with Crippen LogP contribution in [0.4, 0.5) is 4.39 Å². The van der Waals surface area contributed by atoms with Crippen molar-refractivity contribution in [1.29, 1.82) is 0 Å². The van der Waals surface area contributed by atoms with Gasteiger partial charge in [-0.05, 0) is 36.4 Å². The first-order chi connectivity index (χ1) is 10.5. The lowest BCUT2D eigenvalue weighted by Crippen LogP contribution is -2.04. The number of carbonyl (C=O) groups excluding carboxylic acids is 1. The molecule has 0 spiro atoms. The molecule has 0 fully saturated rings. The second kappa shape index (κ2) is 7.26. The summed E-state index contributed by atoms with van der Waals surface area (Å²) in [5.74, 6) is -0.0379. The van der Waals surface area contributed by atoms with E-state index in [0.717, 1.165) is 4.47 Å². The molecule has 2 aromatic rings. The number of esters is 1. The fourth-order valence-electron chi connectivity index (χ4n) is 1.84. The van der Waals surface area contributed by atoms with Crippen LogP contribution in [0.5, 0.6) is 11.5 Å². The van der Waals surface area contributed by atoms with Gasteiger partial charge >= 0.3 is 5.97 Å². The van der Waals surface area contributed by atoms with E-state index in [1.807, 2.05) is 0 Å². The van der Waals surface area contributed by atoms with Gasteiger partial charge in [-0.2, -0.15) is 0 Å². The van der Waals surface area contributed by atoms with Crippen molar-refractivity contribution in [3.8, 4) is 11.5 Å². The summed E-state index contributed by atoms with van der Waals surface area (Å²) in [5, 5.41) is 0. The largest absolute Gasteiger partial charge is 0.493 e. The van der Waals surface area contributed by atoms with Crippen molar-refractivity contribution in [2.75, 3.05) is 14.2 Å². The van der Waals surface area contributed by atoms with Crippen molar-refractivity contribution in [2.45, 2.75) is 6.61 Å². The third-order valence-corrected chi connectivity index (χ3v) is 3.47. The number of ether oxygens (including phenoxy) is 3. The molecule has 0 saturated heterocycles. The Morgan fingerprint density at radius 3 is 2.59 bits per heavy atom. The molecule has 2 aromatic carbocycles. The third-order valence-electron chi connectivity index (χ3n) is 2.98. The van der Waals surface area contributed by atoms with E-state index in [1.54, 1.807) is 24.3 Å². The zero-order valence-corrected chi connectivity index (χ0v) is 13.6. The van der Waals surface area contributed by atoms with Crippen LogP contribution in [0.1, 0.15) is 15.9 Å². The van der Waals surface area contributed by atoms with Crippen LogP contribution in [-0.4, -0.2) is 20.2 Å². The van der Waals surface area contributed by atoms with Crippen LogP contribution < -0.4 is 9.47 Å². The van der Waals surface area contributed by atoms with Gasteiger partial charge < -0.3 is 14.2 Å². The molecule has 0 radical (unpaired) electrons. The van der Waals surface area contributed by atoms with Gasteiger partial charge in [0, 0.05) is 10.0 Å². The third kappa shape index (κ3) is 3.76. The first-order valence-corrected chi connectivity index (χ1v) is 7.17. The Bertz CT molecular complexity index is 688. The molecule has 0 aliphatic heterocycles. The molecule has 0 aliphatic rings. The van der Waals surface area contributed by atoms with E-state index in [-0.39, 0.29) is 12.4 Å². The molecule has 0 aliphatic carbocycles. The normalized spacial score (nSPS) is 10.2. The topological polar surface area (TPSA) is 44.8 Å². The van der Waals surface area contributed by atoms with Crippen LogP contribution in [0.25, 0.3) is 0 Å². The Labute approximate surface area is 135 Å². The van der Waals surface area contributed by atoms with Crippen LogP contribution >= 0.6 is 15.9 Å². The monoisotopic (exact) mass is 368 g/mol. The van der Waals surface area contributed by atoms with Crippen LogP contribution in [0.15, 0.2) is 40.9 Å². The highest BCUT2D eigenvalue weighted by Gasteiger charge is 2.12. The highest BCUT2D eigenvalue weighted by atomic mass is 79.9. The van der Waals surface area contributed by atoms with E-state index >= 15 is 0 Å². The molecular weight excluding hydrogens is 355 g/mol. The Hall–Kier alpha value is -2.08. The molecule has 116 valence electrons. The Morgan fingerprint density at radius 2 is 1.91 bits per heavy atom. The van der Waals surface area contributed by atoms with Gasteiger partial charge in [-0.15, -0.1) is 0 Å². The quantitative estimate of drug-likeness (QED) is 0.749. The van der Waals surface area contributed by atoms with Gasteiger partial charge in [0.2, 0.25) is 0 Å². The number of hydrogen-bond acceptors (Lipinski definition) is 4. The van der Waals surface area contributed by atoms with E-state index < -0.39 is 5.97 Å². The van der Waals surface area contributed by atoms with Gasteiger partial charge in [0.15, 0.2) is 11.5 Å². The molecule has 6 heteroatoms. The van der Waals surface area contributed by atoms with Gasteiger partial charge in [-0.3, -0.25) is 0 Å². The van der Waals surface area contributed by atoms with Crippen molar-refractivity contribution >= 4 is 21.9 Å². The number of hydrogen-bond donors (Lipinski definition) is 0. The van der Waals surface area contributed by atoms with Gasteiger partial charge in [0.1, 0.15) is 12.4 Å². The lowest BCUT2D eigenvalue weighted by atomic mass is 10.2. The van der Waals surface area contributed by atoms with E-state index in [2.05, 4.69) is 20.7 Å². The Balaban J connectivity index is 2.19.